The van der Waals surface area contributed by atoms with Gasteiger partial charge in [0.1, 0.15) is 0 Å². The molecule has 4 rings (SSSR count). The van der Waals surface area contributed by atoms with Crippen LogP contribution in [0, 0.1) is 10.1 Å². The number of rotatable bonds is 5. The molecule has 1 aromatic heterocycles. The molecule has 1 aliphatic rings. The number of non-ortho nitro benzene ring substituents is 1. The highest BCUT2D eigenvalue weighted by atomic mass is 16.6. The first kappa shape index (κ1) is 19.3. The van der Waals surface area contributed by atoms with E-state index in [1.54, 1.807) is 18.5 Å². The molecule has 0 amide bonds. The van der Waals surface area contributed by atoms with Gasteiger partial charge < -0.3 is 4.90 Å². The second-order valence-electron chi connectivity index (χ2n) is 7.94. The summed E-state index contributed by atoms with van der Waals surface area (Å²) in [5, 5.41) is 12.8. The first-order chi connectivity index (χ1) is 14.0. The second kappa shape index (κ2) is 8.17. The Kier molecular flexibility index (Phi) is 5.45. The number of fused-ring (bicyclic) bond motifs is 1. The number of nitrogens with zero attached hydrogens (tertiary/aromatic N) is 4. The molecule has 0 N–H and O–H groups in total. The molecule has 1 aliphatic heterocycles. The SMILES string of the molecule is CC(C)c1ccc(CN2CCN(c3ccc([N+](=O)[O-])c4cnccc34)CC2)cc1. The molecule has 6 nitrogen and oxygen atoms in total. The summed E-state index contributed by atoms with van der Waals surface area (Å²) in [6.07, 6.45) is 3.29. The predicted molar refractivity (Wildman–Crippen MR) is 116 cm³/mol. The third kappa shape index (κ3) is 4.07. The highest BCUT2D eigenvalue weighted by molar-refractivity contribution is 5.99. The van der Waals surface area contributed by atoms with Crippen LogP contribution in [-0.2, 0) is 6.54 Å². The first-order valence-corrected chi connectivity index (χ1v) is 10.1. The van der Waals surface area contributed by atoms with E-state index in [4.69, 9.17) is 0 Å². The van der Waals surface area contributed by atoms with Crippen molar-refractivity contribution in [1.29, 1.82) is 0 Å². The van der Waals surface area contributed by atoms with Crippen molar-refractivity contribution < 1.29 is 4.92 Å². The number of aromatic nitrogens is 1. The second-order valence-corrected chi connectivity index (χ2v) is 7.94. The van der Waals surface area contributed by atoms with Crippen molar-refractivity contribution in [3.05, 3.63) is 76.1 Å². The van der Waals surface area contributed by atoms with E-state index in [0.29, 0.717) is 11.3 Å². The van der Waals surface area contributed by atoms with Gasteiger partial charge in [0.2, 0.25) is 0 Å². The number of hydrogen-bond acceptors (Lipinski definition) is 5. The molecule has 0 saturated carbocycles. The maximum absolute atomic E-state index is 11.3. The van der Waals surface area contributed by atoms with Crippen LogP contribution in [-0.4, -0.2) is 41.0 Å². The van der Waals surface area contributed by atoms with Gasteiger partial charge in [0.15, 0.2) is 0 Å². The Balaban J connectivity index is 1.46. The van der Waals surface area contributed by atoms with Crippen LogP contribution in [0.4, 0.5) is 11.4 Å². The fourth-order valence-electron chi connectivity index (χ4n) is 4.01. The quantitative estimate of drug-likeness (QED) is 0.471. The number of benzene rings is 2. The minimum absolute atomic E-state index is 0.111. The zero-order valence-electron chi connectivity index (χ0n) is 16.9. The van der Waals surface area contributed by atoms with E-state index in [1.165, 1.54) is 11.1 Å². The molecule has 2 heterocycles. The summed E-state index contributed by atoms with van der Waals surface area (Å²) < 4.78 is 0. The summed E-state index contributed by atoms with van der Waals surface area (Å²) in [5.41, 5.74) is 3.88. The molecular formula is C23H26N4O2. The number of hydrogen-bond donors (Lipinski definition) is 0. The number of nitro benzene ring substituents is 1. The Morgan fingerprint density at radius 2 is 1.72 bits per heavy atom. The van der Waals surface area contributed by atoms with Crippen molar-refractivity contribution in [2.45, 2.75) is 26.3 Å². The zero-order chi connectivity index (χ0) is 20.4. The van der Waals surface area contributed by atoms with Crippen molar-refractivity contribution >= 4 is 22.1 Å². The fourth-order valence-corrected chi connectivity index (χ4v) is 4.01. The van der Waals surface area contributed by atoms with Crippen LogP contribution in [0.25, 0.3) is 10.8 Å². The van der Waals surface area contributed by atoms with Crippen molar-refractivity contribution in [1.82, 2.24) is 9.88 Å². The summed E-state index contributed by atoms with van der Waals surface area (Å²) in [5.74, 6) is 0.555. The average molecular weight is 390 g/mol. The molecule has 0 bridgehead atoms. The van der Waals surface area contributed by atoms with Crippen molar-refractivity contribution in [3.63, 3.8) is 0 Å². The minimum Gasteiger partial charge on any atom is -0.368 e. The van der Waals surface area contributed by atoms with E-state index in [-0.39, 0.29) is 10.6 Å². The van der Waals surface area contributed by atoms with Gasteiger partial charge in [0, 0.05) is 62.3 Å². The maximum atomic E-state index is 11.3. The third-order valence-electron chi connectivity index (χ3n) is 5.73. The zero-order valence-corrected chi connectivity index (χ0v) is 16.9. The van der Waals surface area contributed by atoms with Crippen LogP contribution in [0.5, 0.6) is 0 Å². The molecule has 29 heavy (non-hydrogen) atoms. The van der Waals surface area contributed by atoms with Crippen molar-refractivity contribution in [2.24, 2.45) is 0 Å². The van der Waals surface area contributed by atoms with Gasteiger partial charge in [-0.2, -0.15) is 0 Å². The molecule has 6 heteroatoms. The third-order valence-corrected chi connectivity index (χ3v) is 5.73. The van der Waals surface area contributed by atoms with E-state index in [0.717, 1.165) is 43.8 Å². The summed E-state index contributed by atoms with van der Waals surface area (Å²) in [6.45, 7) is 9.12. The van der Waals surface area contributed by atoms with E-state index in [9.17, 15) is 10.1 Å². The fraction of sp³-hybridized carbons (Fsp3) is 0.348. The van der Waals surface area contributed by atoms with Gasteiger partial charge in [-0.1, -0.05) is 38.1 Å². The maximum Gasteiger partial charge on any atom is 0.278 e. The molecule has 3 aromatic rings. The van der Waals surface area contributed by atoms with Crippen LogP contribution >= 0.6 is 0 Å². The van der Waals surface area contributed by atoms with Gasteiger partial charge in [-0.05, 0) is 29.2 Å². The molecule has 1 saturated heterocycles. The Morgan fingerprint density at radius 3 is 2.38 bits per heavy atom. The predicted octanol–water partition coefficient (Wildman–Crippen LogP) is 4.59. The first-order valence-electron chi connectivity index (χ1n) is 10.1. The monoisotopic (exact) mass is 390 g/mol. The highest BCUT2D eigenvalue weighted by Crippen LogP contribution is 2.33. The van der Waals surface area contributed by atoms with E-state index in [2.05, 4.69) is 52.9 Å². The molecule has 2 aromatic carbocycles. The smallest absolute Gasteiger partial charge is 0.278 e. The number of nitro groups is 1. The summed E-state index contributed by atoms with van der Waals surface area (Å²) in [4.78, 5) is 19.9. The Labute approximate surface area is 170 Å². The van der Waals surface area contributed by atoms with Gasteiger partial charge in [-0.25, -0.2) is 0 Å². The molecule has 0 unspecified atom stereocenters. The molecule has 0 atom stereocenters. The van der Waals surface area contributed by atoms with Crippen LogP contribution in [0.3, 0.4) is 0 Å². The normalized spacial score (nSPS) is 15.2. The Hall–Kier alpha value is -2.99. The summed E-state index contributed by atoms with van der Waals surface area (Å²) in [6, 6.07) is 14.3. The van der Waals surface area contributed by atoms with Gasteiger partial charge in [0.25, 0.3) is 5.69 Å². The average Bonchev–Trinajstić information content (AvgIpc) is 2.74. The van der Waals surface area contributed by atoms with Gasteiger partial charge >= 0.3 is 0 Å². The van der Waals surface area contributed by atoms with Gasteiger partial charge in [0.05, 0.1) is 10.3 Å². The van der Waals surface area contributed by atoms with Gasteiger partial charge in [-0.15, -0.1) is 0 Å². The number of piperazine rings is 1. The Bertz CT molecular complexity index is 1010. The summed E-state index contributed by atoms with van der Waals surface area (Å²) in [7, 11) is 0. The van der Waals surface area contributed by atoms with E-state index < -0.39 is 0 Å². The van der Waals surface area contributed by atoms with E-state index in [1.807, 2.05) is 12.1 Å². The lowest BCUT2D eigenvalue weighted by Crippen LogP contribution is -2.46. The minimum atomic E-state index is -0.337. The standard InChI is InChI=1S/C23H26N4O2/c1-17(2)19-5-3-18(4-6-19)16-25-11-13-26(14-12-25)22-7-8-23(27(28)29)21-15-24-10-9-20(21)22/h3-10,15,17H,11-14,16H2,1-2H3. The van der Waals surface area contributed by atoms with Crippen molar-refractivity contribution in [3.8, 4) is 0 Å². The van der Waals surface area contributed by atoms with Crippen molar-refractivity contribution in [2.75, 3.05) is 31.1 Å². The van der Waals surface area contributed by atoms with Crippen LogP contribution in [0.2, 0.25) is 0 Å². The van der Waals surface area contributed by atoms with E-state index >= 15 is 0 Å². The highest BCUT2D eigenvalue weighted by Gasteiger charge is 2.21. The lowest BCUT2D eigenvalue weighted by molar-refractivity contribution is -0.383. The lowest BCUT2D eigenvalue weighted by atomic mass is 10.0. The number of pyridine rings is 1. The molecule has 1 fully saturated rings. The van der Waals surface area contributed by atoms with Crippen LogP contribution in [0.1, 0.15) is 30.9 Å². The van der Waals surface area contributed by atoms with Crippen LogP contribution in [0.15, 0.2) is 54.9 Å². The Morgan fingerprint density at radius 1 is 1.00 bits per heavy atom. The molecular weight excluding hydrogens is 364 g/mol. The largest absolute Gasteiger partial charge is 0.368 e. The molecule has 150 valence electrons. The topological polar surface area (TPSA) is 62.5 Å². The summed E-state index contributed by atoms with van der Waals surface area (Å²) >= 11 is 0. The van der Waals surface area contributed by atoms with Gasteiger partial charge in [-0.3, -0.25) is 20.0 Å². The molecule has 0 aliphatic carbocycles. The number of anilines is 1. The van der Waals surface area contributed by atoms with Crippen LogP contribution < -0.4 is 4.90 Å². The lowest BCUT2D eigenvalue weighted by Gasteiger charge is -2.36. The molecule has 0 radical (unpaired) electrons. The molecule has 0 spiro atoms.